The van der Waals surface area contributed by atoms with E-state index >= 15 is 0 Å². The number of hydrogen-bond acceptors (Lipinski definition) is 4. The van der Waals surface area contributed by atoms with Gasteiger partial charge in [-0.05, 0) is 0 Å². The van der Waals surface area contributed by atoms with E-state index in [1.54, 1.807) is 0 Å². The number of hydrogen-bond donors (Lipinski definition) is 1. The molecule has 0 radical (unpaired) electrons. The molecule has 0 saturated carbocycles. The Morgan fingerprint density at radius 2 is 1.15 bits per heavy atom. The highest BCUT2D eigenvalue weighted by molar-refractivity contribution is 5.81. The third-order valence-electron chi connectivity index (χ3n) is 3.96. The fraction of sp³-hybridized carbons (Fsp3) is 0.786. The van der Waals surface area contributed by atoms with Gasteiger partial charge in [-0.3, -0.25) is 0 Å². The number of ether oxygens (including phenoxy) is 2. The van der Waals surface area contributed by atoms with E-state index in [9.17, 15) is 75.8 Å². The minimum Gasteiger partial charge on any atom is -0.405 e. The van der Waals surface area contributed by atoms with Gasteiger partial charge in [0.2, 0.25) is 0 Å². The Balaban J connectivity index is 6.42. The van der Waals surface area contributed by atoms with Gasteiger partial charge in [0, 0.05) is 26.0 Å². The summed E-state index contributed by atoms with van der Waals surface area (Å²) in [5.74, 6) is -36.7. The summed E-state index contributed by atoms with van der Waals surface area (Å²) in [6, 6.07) is 0. The van der Waals surface area contributed by atoms with Gasteiger partial charge < -0.3 is 14.6 Å². The quantitative estimate of drug-likeness (QED) is 0.184. The van der Waals surface area contributed by atoms with E-state index in [4.69, 9.17) is 0 Å². The maximum absolute atomic E-state index is 13.7. The first-order chi connectivity index (χ1) is 14.2. The lowest BCUT2D eigenvalue weighted by atomic mass is 9.85. The third-order valence-corrected chi connectivity index (χ3v) is 3.96. The maximum atomic E-state index is 13.7. The Kier molecular flexibility index (Phi) is 8.19. The zero-order chi connectivity index (χ0) is 27.1. The SMILES string of the molecule is C=CC(=O)OC(O)(CCC(F)(F)C(F)(F)C(F)(F)C(F)(F)C(F)(C(F)(F)F)C(F)(F)F)OC. The van der Waals surface area contributed by atoms with E-state index in [2.05, 4.69) is 16.1 Å². The van der Waals surface area contributed by atoms with Crippen LogP contribution in [0.5, 0.6) is 0 Å². The molecular weight excluding hydrogens is 517 g/mol. The van der Waals surface area contributed by atoms with Crippen molar-refractivity contribution < 1.29 is 85.2 Å². The second kappa shape index (κ2) is 8.70. The van der Waals surface area contributed by atoms with Crippen molar-refractivity contribution in [2.24, 2.45) is 0 Å². The van der Waals surface area contributed by atoms with Crippen molar-refractivity contribution in [2.75, 3.05) is 7.11 Å². The lowest BCUT2D eigenvalue weighted by Gasteiger charge is -2.43. The van der Waals surface area contributed by atoms with Crippen molar-refractivity contribution in [1.82, 2.24) is 0 Å². The predicted molar refractivity (Wildman–Crippen MR) is 73.2 cm³/mol. The summed E-state index contributed by atoms with van der Waals surface area (Å²) >= 11 is 0. The fourth-order valence-corrected chi connectivity index (χ4v) is 2.03. The number of methoxy groups -OCH3 is 1. The lowest BCUT2D eigenvalue weighted by Crippen LogP contribution is -2.75. The molecule has 0 aliphatic carbocycles. The van der Waals surface area contributed by atoms with Crippen LogP contribution in [0.15, 0.2) is 12.7 Å². The van der Waals surface area contributed by atoms with Gasteiger partial charge in [-0.1, -0.05) is 6.58 Å². The molecule has 33 heavy (non-hydrogen) atoms. The van der Waals surface area contributed by atoms with Crippen molar-refractivity contribution in [3.8, 4) is 0 Å². The zero-order valence-electron chi connectivity index (χ0n) is 15.5. The molecule has 0 aromatic heterocycles. The zero-order valence-corrected chi connectivity index (χ0v) is 15.5. The number of aliphatic hydroxyl groups is 1. The minimum atomic E-state index is -8.55. The van der Waals surface area contributed by atoms with E-state index in [1.165, 1.54) is 0 Å². The van der Waals surface area contributed by atoms with Gasteiger partial charge >= 0.3 is 53.7 Å². The molecule has 0 aromatic carbocycles. The van der Waals surface area contributed by atoms with Gasteiger partial charge in [0.05, 0.1) is 0 Å². The largest absolute Gasteiger partial charge is 0.438 e. The molecule has 0 rings (SSSR count). The van der Waals surface area contributed by atoms with E-state index in [1.807, 2.05) is 0 Å². The molecule has 0 aliphatic heterocycles. The summed E-state index contributed by atoms with van der Waals surface area (Å²) in [6.45, 7) is 2.74. The molecule has 0 aromatic rings. The molecule has 1 atom stereocenters. The van der Waals surface area contributed by atoms with E-state index in [0.717, 1.165) is 0 Å². The van der Waals surface area contributed by atoms with Gasteiger partial charge in [0.25, 0.3) is 0 Å². The average Bonchev–Trinajstić information content (AvgIpc) is 2.63. The Morgan fingerprint density at radius 3 is 1.45 bits per heavy atom. The summed E-state index contributed by atoms with van der Waals surface area (Å²) in [5.41, 5.74) is -8.40. The second-order valence-corrected chi connectivity index (χ2v) is 6.12. The summed E-state index contributed by atoms with van der Waals surface area (Å²) in [6.07, 6.45) is -21.0. The molecular formula is C14H11F15O4. The van der Waals surface area contributed by atoms with Crippen LogP contribution in [0.3, 0.4) is 0 Å². The first-order valence-electron chi connectivity index (χ1n) is 7.69. The topological polar surface area (TPSA) is 55.8 Å². The molecule has 0 amide bonds. The molecule has 1 unspecified atom stereocenters. The van der Waals surface area contributed by atoms with Crippen molar-refractivity contribution in [3.05, 3.63) is 12.7 Å². The van der Waals surface area contributed by atoms with Gasteiger partial charge in [-0.15, -0.1) is 0 Å². The highest BCUT2D eigenvalue weighted by Gasteiger charge is 2.95. The molecule has 0 saturated heterocycles. The summed E-state index contributed by atoms with van der Waals surface area (Å²) < 4.78 is 204. The fourth-order valence-electron chi connectivity index (χ4n) is 2.03. The highest BCUT2D eigenvalue weighted by Crippen LogP contribution is 2.64. The molecule has 0 bridgehead atoms. The molecule has 1 N–H and O–H groups in total. The number of carbonyl (C=O) groups is 1. The van der Waals surface area contributed by atoms with Crippen LogP contribution >= 0.6 is 0 Å². The first kappa shape index (κ1) is 31.1. The van der Waals surface area contributed by atoms with Crippen molar-refractivity contribution in [2.45, 2.75) is 60.5 Å². The van der Waals surface area contributed by atoms with Crippen LogP contribution in [0.2, 0.25) is 0 Å². The van der Waals surface area contributed by atoms with Gasteiger partial charge in [-0.2, -0.15) is 61.5 Å². The third kappa shape index (κ3) is 4.97. The maximum Gasteiger partial charge on any atom is 0.438 e. The summed E-state index contributed by atoms with van der Waals surface area (Å²) in [5, 5.41) is 9.47. The molecule has 0 spiro atoms. The van der Waals surface area contributed by atoms with Gasteiger partial charge in [0.15, 0.2) is 0 Å². The Morgan fingerprint density at radius 1 is 0.758 bits per heavy atom. The van der Waals surface area contributed by atoms with Crippen LogP contribution < -0.4 is 0 Å². The van der Waals surface area contributed by atoms with Crippen LogP contribution in [-0.4, -0.2) is 65.9 Å². The molecule has 0 fully saturated rings. The number of esters is 1. The standard InChI is InChI=1S/C14H11F15O4/c1-3-6(30)33-8(31,32-2)5-4-7(15,16)10(18,19)12(22,23)11(20,21)9(17,13(24,25)26)14(27,28)29/h3,31H,1,4-5H2,2H3. The Bertz CT molecular complexity index is 713. The normalized spacial score (nSPS) is 16.9. The van der Waals surface area contributed by atoms with Crippen molar-refractivity contribution in [3.63, 3.8) is 0 Å². The Labute approximate surface area is 172 Å². The van der Waals surface area contributed by atoms with E-state index < -0.39 is 66.5 Å². The molecule has 0 heterocycles. The summed E-state index contributed by atoms with van der Waals surface area (Å²) in [7, 11) is 0.347. The smallest absolute Gasteiger partial charge is 0.405 e. The number of alkyl halides is 15. The predicted octanol–water partition coefficient (Wildman–Crippen LogP) is 5.16. The number of rotatable bonds is 10. The molecule has 196 valence electrons. The lowest BCUT2D eigenvalue weighted by molar-refractivity contribution is -0.457. The van der Waals surface area contributed by atoms with Crippen LogP contribution in [0.1, 0.15) is 12.8 Å². The van der Waals surface area contributed by atoms with Crippen LogP contribution in [0.25, 0.3) is 0 Å². The van der Waals surface area contributed by atoms with Gasteiger partial charge in [-0.25, -0.2) is 9.18 Å². The number of halogens is 15. The monoisotopic (exact) mass is 528 g/mol. The van der Waals surface area contributed by atoms with E-state index in [-0.39, 0.29) is 6.08 Å². The van der Waals surface area contributed by atoms with E-state index in [0.29, 0.717) is 7.11 Å². The van der Waals surface area contributed by atoms with Crippen LogP contribution in [-0.2, 0) is 14.3 Å². The van der Waals surface area contributed by atoms with Crippen LogP contribution in [0.4, 0.5) is 65.9 Å². The minimum absolute atomic E-state index is 0.223. The molecule has 4 nitrogen and oxygen atoms in total. The first-order valence-corrected chi connectivity index (χ1v) is 7.69. The molecule has 19 heteroatoms. The van der Waals surface area contributed by atoms with Crippen molar-refractivity contribution in [1.29, 1.82) is 0 Å². The second-order valence-electron chi connectivity index (χ2n) is 6.12. The average molecular weight is 528 g/mol. The highest BCUT2D eigenvalue weighted by atomic mass is 19.4. The van der Waals surface area contributed by atoms with Gasteiger partial charge in [0.1, 0.15) is 0 Å². The summed E-state index contributed by atoms with van der Waals surface area (Å²) in [4.78, 5) is 10.9. The Hall–Kier alpha value is -1.92. The van der Waals surface area contributed by atoms with Crippen molar-refractivity contribution >= 4 is 5.97 Å². The number of carbonyl (C=O) groups excluding carboxylic acids is 1. The molecule has 0 aliphatic rings. The van der Waals surface area contributed by atoms with Crippen LogP contribution in [0, 0.1) is 0 Å².